The van der Waals surface area contributed by atoms with Crippen molar-refractivity contribution in [2.75, 3.05) is 5.73 Å². The topological polar surface area (TPSA) is 78.1 Å². The number of nitrogens with zero attached hydrogens (tertiary/aromatic N) is 2. The van der Waals surface area contributed by atoms with E-state index in [0.29, 0.717) is 0 Å². The van der Waals surface area contributed by atoms with Gasteiger partial charge >= 0.3 is 5.97 Å². The quantitative estimate of drug-likeness (QED) is 0.634. The average molecular weight is 239 g/mol. The standard InChI is InChI=1S/C9H6FN3O2S/c10-5-1-3-6(4-2-5)15-9(14)7-8(11)12-13-16-7/h1-4H,11H2. The molecule has 2 N–H and O–H groups in total. The maximum atomic E-state index is 12.6. The van der Waals surface area contributed by atoms with Crippen molar-refractivity contribution >= 4 is 23.3 Å². The Hall–Kier alpha value is -2.02. The first-order valence-electron chi connectivity index (χ1n) is 4.22. The molecule has 0 fully saturated rings. The highest BCUT2D eigenvalue weighted by atomic mass is 32.1. The lowest BCUT2D eigenvalue weighted by molar-refractivity contribution is 0.0740. The zero-order valence-electron chi connectivity index (χ0n) is 7.88. The molecule has 0 aliphatic carbocycles. The van der Waals surface area contributed by atoms with Crippen LogP contribution < -0.4 is 10.5 Å². The van der Waals surface area contributed by atoms with Gasteiger partial charge in [-0.1, -0.05) is 4.49 Å². The van der Waals surface area contributed by atoms with E-state index in [1.807, 2.05) is 0 Å². The third kappa shape index (κ3) is 2.14. The monoisotopic (exact) mass is 239 g/mol. The molecule has 0 amide bonds. The molecule has 0 unspecified atom stereocenters. The molecule has 16 heavy (non-hydrogen) atoms. The summed E-state index contributed by atoms with van der Waals surface area (Å²) in [6, 6.07) is 5.07. The fourth-order valence-electron chi connectivity index (χ4n) is 0.995. The number of hydrogen-bond acceptors (Lipinski definition) is 6. The normalized spacial score (nSPS) is 10.1. The zero-order valence-corrected chi connectivity index (χ0v) is 8.70. The minimum Gasteiger partial charge on any atom is -0.422 e. The van der Waals surface area contributed by atoms with E-state index in [4.69, 9.17) is 10.5 Å². The number of halogens is 1. The van der Waals surface area contributed by atoms with Crippen molar-refractivity contribution in [2.24, 2.45) is 0 Å². The molecular formula is C9H6FN3O2S. The molecule has 7 heteroatoms. The van der Waals surface area contributed by atoms with Gasteiger partial charge in [-0.2, -0.15) is 0 Å². The Morgan fingerprint density at radius 3 is 2.62 bits per heavy atom. The van der Waals surface area contributed by atoms with Crippen molar-refractivity contribution in [1.29, 1.82) is 0 Å². The molecular weight excluding hydrogens is 233 g/mol. The minimum atomic E-state index is -0.654. The number of hydrogen-bond donors (Lipinski definition) is 1. The van der Waals surface area contributed by atoms with Gasteiger partial charge in [-0.25, -0.2) is 9.18 Å². The number of carbonyl (C=O) groups is 1. The summed E-state index contributed by atoms with van der Waals surface area (Å²) in [7, 11) is 0. The molecule has 5 nitrogen and oxygen atoms in total. The highest BCUT2D eigenvalue weighted by molar-refractivity contribution is 7.08. The molecule has 2 rings (SSSR count). The smallest absolute Gasteiger partial charge is 0.359 e. The van der Waals surface area contributed by atoms with Crippen molar-refractivity contribution < 1.29 is 13.9 Å². The van der Waals surface area contributed by atoms with E-state index in [9.17, 15) is 9.18 Å². The number of nitrogen functional groups attached to an aromatic ring is 1. The Morgan fingerprint density at radius 2 is 2.06 bits per heavy atom. The predicted molar refractivity (Wildman–Crippen MR) is 55.7 cm³/mol. The third-order valence-corrected chi connectivity index (χ3v) is 2.44. The zero-order chi connectivity index (χ0) is 11.5. The molecule has 1 aromatic heterocycles. The summed E-state index contributed by atoms with van der Waals surface area (Å²) < 4.78 is 21.0. The number of esters is 1. The first kappa shape index (κ1) is 10.5. The third-order valence-electron chi connectivity index (χ3n) is 1.72. The molecule has 0 radical (unpaired) electrons. The summed E-state index contributed by atoms with van der Waals surface area (Å²) in [5, 5.41) is 3.48. The Kier molecular flexibility index (Phi) is 2.78. The van der Waals surface area contributed by atoms with Gasteiger partial charge in [-0.15, -0.1) is 5.10 Å². The van der Waals surface area contributed by atoms with E-state index in [-0.39, 0.29) is 16.4 Å². The first-order chi connectivity index (χ1) is 7.66. The Balaban J connectivity index is 2.14. The molecule has 0 atom stereocenters. The lowest BCUT2D eigenvalue weighted by atomic mass is 10.3. The summed E-state index contributed by atoms with van der Waals surface area (Å²) in [4.78, 5) is 11.6. The molecule has 1 heterocycles. The predicted octanol–water partition coefficient (Wildman–Crippen LogP) is 1.48. The van der Waals surface area contributed by atoms with E-state index in [1.165, 1.54) is 24.3 Å². The Bertz CT molecular complexity index is 512. The minimum absolute atomic E-state index is 0.0251. The van der Waals surface area contributed by atoms with Crippen molar-refractivity contribution in [2.45, 2.75) is 0 Å². The average Bonchev–Trinajstić information content (AvgIpc) is 2.68. The van der Waals surface area contributed by atoms with Crippen LogP contribution in [0.15, 0.2) is 24.3 Å². The van der Waals surface area contributed by atoms with Gasteiger partial charge in [0.2, 0.25) is 0 Å². The van der Waals surface area contributed by atoms with Crippen LogP contribution in [0.3, 0.4) is 0 Å². The Morgan fingerprint density at radius 1 is 1.38 bits per heavy atom. The van der Waals surface area contributed by atoms with Gasteiger partial charge in [0.1, 0.15) is 11.6 Å². The van der Waals surface area contributed by atoms with Crippen LogP contribution in [0.25, 0.3) is 0 Å². The fraction of sp³-hybridized carbons (Fsp3) is 0. The SMILES string of the molecule is Nc1nnsc1C(=O)Oc1ccc(F)cc1. The van der Waals surface area contributed by atoms with E-state index in [2.05, 4.69) is 9.59 Å². The number of carbonyl (C=O) groups excluding carboxylic acids is 1. The van der Waals surface area contributed by atoms with Gasteiger partial charge in [0.25, 0.3) is 0 Å². The van der Waals surface area contributed by atoms with Crippen molar-refractivity contribution in [3.63, 3.8) is 0 Å². The van der Waals surface area contributed by atoms with Gasteiger partial charge in [-0.3, -0.25) is 0 Å². The van der Waals surface area contributed by atoms with Crippen LogP contribution in [-0.2, 0) is 0 Å². The molecule has 0 spiro atoms. The van der Waals surface area contributed by atoms with Gasteiger partial charge < -0.3 is 10.5 Å². The van der Waals surface area contributed by atoms with Crippen molar-refractivity contribution in [1.82, 2.24) is 9.59 Å². The molecule has 0 saturated heterocycles. The van der Waals surface area contributed by atoms with Gasteiger partial charge in [-0.05, 0) is 35.8 Å². The van der Waals surface area contributed by atoms with Gasteiger partial charge in [0, 0.05) is 0 Å². The second-order valence-electron chi connectivity index (χ2n) is 2.83. The van der Waals surface area contributed by atoms with Crippen molar-refractivity contribution in [3.8, 4) is 5.75 Å². The number of aromatic nitrogens is 2. The number of nitrogens with two attached hydrogens (primary N) is 1. The van der Waals surface area contributed by atoms with E-state index in [0.717, 1.165) is 11.5 Å². The Labute approximate surface area is 93.8 Å². The molecule has 2 aromatic rings. The van der Waals surface area contributed by atoms with Crippen LogP contribution in [0.2, 0.25) is 0 Å². The van der Waals surface area contributed by atoms with E-state index >= 15 is 0 Å². The first-order valence-corrected chi connectivity index (χ1v) is 5.00. The second kappa shape index (κ2) is 4.23. The summed E-state index contributed by atoms with van der Waals surface area (Å²) in [5.41, 5.74) is 5.40. The van der Waals surface area contributed by atoms with Crippen LogP contribution in [0.1, 0.15) is 9.67 Å². The maximum absolute atomic E-state index is 12.6. The van der Waals surface area contributed by atoms with Crippen LogP contribution in [0.4, 0.5) is 10.2 Å². The number of anilines is 1. The largest absolute Gasteiger partial charge is 0.422 e. The number of benzene rings is 1. The lowest BCUT2D eigenvalue weighted by Gasteiger charge is -2.01. The van der Waals surface area contributed by atoms with Crippen molar-refractivity contribution in [3.05, 3.63) is 35.0 Å². The molecule has 0 bridgehead atoms. The number of ether oxygens (including phenoxy) is 1. The van der Waals surface area contributed by atoms with Crippen LogP contribution in [0.5, 0.6) is 5.75 Å². The summed E-state index contributed by atoms with van der Waals surface area (Å²) in [6.07, 6.45) is 0. The van der Waals surface area contributed by atoms with Gasteiger partial charge in [0.05, 0.1) is 0 Å². The summed E-state index contributed by atoms with van der Waals surface area (Å²) in [5.74, 6) is -0.797. The van der Waals surface area contributed by atoms with E-state index < -0.39 is 11.8 Å². The molecule has 1 aromatic carbocycles. The van der Waals surface area contributed by atoms with E-state index in [1.54, 1.807) is 0 Å². The highest BCUT2D eigenvalue weighted by Gasteiger charge is 2.16. The molecule has 0 saturated carbocycles. The lowest BCUT2D eigenvalue weighted by Crippen LogP contribution is -2.08. The molecule has 0 aliphatic rings. The van der Waals surface area contributed by atoms with Crippen LogP contribution in [0, 0.1) is 5.82 Å². The maximum Gasteiger partial charge on any atom is 0.359 e. The molecule has 0 aliphatic heterocycles. The molecule has 82 valence electrons. The second-order valence-corrected chi connectivity index (χ2v) is 3.58. The van der Waals surface area contributed by atoms with Crippen LogP contribution >= 0.6 is 11.5 Å². The van der Waals surface area contributed by atoms with Crippen LogP contribution in [-0.4, -0.2) is 15.6 Å². The summed E-state index contributed by atoms with van der Waals surface area (Å²) >= 11 is 0.845. The summed E-state index contributed by atoms with van der Waals surface area (Å²) in [6.45, 7) is 0. The number of rotatable bonds is 2. The fourth-order valence-corrected chi connectivity index (χ4v) is 1.46. The highest BCUT2D eigenvalue weighted by Crippen LogP contribution is 2.17. The van der Waals surface area contributed by atoms with Gasteiger partial charge in [0.15, 0.2) is 10.7 Å².